The lowest BCUT2D eigenvalue weighted by Gasteiger charge is -2.33. The van der Waals surface area contributed by atoms with Crippen LogP contribution in [0.5, 0.6) is 0 Å². The van der Waals surface area contributed by atoms with Crippen LogP contribution >= 0.6 is 15.9 Å². The number of Topliss-reactive ketones (excluding diaryl/α,β-unsaturated/α-hetero) is 1. The number of piperidine rings is 1. The molecule has 1 fully saturated rings. The van der Waals surface area contributed by atoms with Crippen LogP contribution in [0.4, 0.5) is 5.95 Å². The largest absolute Gasteiger partial charge is 0.331 e. The Kier molecular flexibility index (Phi) is 3.53. The molecule has 1 aromatic rings. The average molecular weight is 284 g/mol. The number of halogens is 1. The van der Waals surface area contributed by atoms with Crippen LogP contribution in [0.2, 0.25) is 0 Å². The molecule has 0 radical (unpaired) electrons. The smallest absolute Gasteiger partial charge is 0.225 e. The fraction of sp³-hybridized carbons (Fsp3) is 0.545. The van der Waals surface area contributed by atoms with Gasteiger partial charge < -0.3 is 4.90 Å². The maximum absolute atomic E-state index is 11.5. The molecular formula is C11H14BrN3O. The SMILES string of the molecule is CC(=O)C1CCCCN1c1ncc(Br)cn1. The maximum Gasteiger partial charge on any atom is 0.225 e. The summed E-state index contributed by atoms with van der Waals surface area (Å²) in [5.41, 5.74) is 0. The molecule has 0 N–H and O–H groups in total. The van der Waals surface area contributed by atoms with Crippen molar-refractivity contribution in [3.8, 4) is 0 Å². The first-order chi connectivity index (χ1) is 7.68. The van der Waals surface area contributed by atoms with Crippen molar-refractivity contribution in [3.05, 3.63) is 16.9 Å². The van der Waals surface area contributed by atoms with E-state index in [1.807, 2.05) is 4.90 Å². The Bertz CT molecular complexity index is 379. The highest BCUT2D eigenvalue weighted by Gasteiger charge is 2.27. The molecule has 16 heavy (non-hydrogen) atoms. The van der Waals surface area contributed by atoms with Gasteiger partial charge in [-0.2, -0.15) is 0 Å². The Balaban J connectivity index is 2.23. The molecule has 86 valence electrons. The standard InChI is InChI=1S/C11H14BrN3O/c1-8(16)10-4-2-3-5-15(10)11-13-6-9(12)7-14-11/h6-7,10H,2-5H2,1H3. The summed E-state index contributed by atoms with van der Waals surface area (Å²) in [4.78, 5) is 22.1. The van der Waals surface area contributed by atoms with Gasteiger partial charge in [-0.05, 0) is 42.1 Å². The molecular weight excluding hydrogens is 270 g/mol. The van der Waals surface area contributed by atoms with Gasteiger partial charge in [0, 0.05) is 18.9 Å². The van der Waals surface area contributed by atoms with Crippen LogP contribution in [-0.2, 0) is 4.79 Å². The summed E-state index contributed by atoms with van der Waals surface area (Å²) in [5, 5.41) is 0. The number of ketones is 1. The van der Waals surface area contributed by atoms with Gasteiger partial charge in [0.2, 0.25) is 5.95 Å². The van der Waals surface area contributed by atoms with Gasteiger partial charge in [-0.3, -0.25) is 4.79 Å². The third kappa shape index (κ3) is 2.40. The van der Waals surface area contributed by atoms with Crippen molar-refractivity contribution in [1.82, 2.24) is 9.97 Å². The van der Waals surface area contributed by atoms with E-state index in [1.54, 1.807) is 19.3 Å². The average Bonchev–Trinajstić information content (AvgIpc) is 2.30. The second-order valence-electron chi connectivity index (χ2n) is 4.02. The Morgan fingerprint density at radius 2 is 2.12 bits per heavy atom. The van der Waals surface area contributed by atoms with Crippen LogP contribution in [0.3, 0.4) is 0 Å². The highest BCUT2D eigenvalue weighted by Crippen LogP contribution is 2.22. The lowest BCUT2D eigenvalue weighted by molar-refractivity contribution is -0.118. The number of carbonyl (C=O) groups excluding carboxylic acids is 1. The molecule has 0 aromatic carbocycles. The van der Waals surface area contributed by atoms with Crippen molar-refractivity contribution in [2.24, 2.45) is 0 Å². The normalized spacial score (nSPS) is 20.9. The molecule has 1 atom stereocenters. The van der Waals surface area contributed by atoms with Crippen molar-refractivity contribution in [2.45, 2.75) is 32.2 Å². The Hall–Kier alpha value is -0.970. The minimum atomic E-state index is -0.0464. The summed E-state index contributed by atoms with van der Waals surface area (Å²) in [6.45, 7) is 2.51. The molecule has 0 bridgehead atoms. The van der Waals surface area contributed by atoms with E-state index in [2.05, 4.69) is 25.9 Å². The van der Waals surface area contributed by atoms with Gasteiger partial charge in [0.1, 0.15) is 0 Å². The minimum Gasteiger partial charge on any atom is -0.331 e. The first kappa shape index (κ1) is 11.5. The van der Waals surface area contributed by atoms with E-state index in [4.69, 9.17) is 0 Å². The lowest BCUT2D eigenvalue weighted by Crippen LogP contribution is -2.44. The molecule has 4 nitrogen and oxygen atoms in total. The molecule has 2 heterocycles. The van der Waals surface area contributed by atoms with E-state index in [-0.39, 0.29) is 11.8 Å². The van der Waals surface area contributed by atoms with Crippen LogP contribution in [-0.4, -0.2) is 28.3 Å². The minimum absolute atomic E-state index is 0.0464. The van der Waals surface area contributed by atoms with Crippen LogP contribution in [0.15, 0.2) is 16.9 Å². The second kappa shape index (κ2) is 4.91. The zero-order valence-electron chi connectivity index (χ0n) is 9.19. The summed E-state index contributed by atoms with van der Waals surface area (Å²) in [6.07, 6.45) is 6.55. The van der Waals surface area contributed by atoms with Crippen LogP contribution in [0, 0.1) is 0 Å². The molecule has 0 aliphatic carbocycles. The summed E-state index contributed by atoms with van der Waals surface area (Å²) in [6, 6.07) is -0.0464. The number of hydrogen-bond acceptors (Lipinski definition) is 4. The third-order valence-corrected chi connectivity index (χ3v) is 3.25. The molecule has 1 aliphatic heterocycles. The van der Waals surface area contributed by atoms with Crippen LogP contribution in [0.25, 0.3) is 0 Å². The van der Waals surface area contributed by atoms with Gasteiger partial charge in [-0.15, -0.1) is 0 Å². The Morgan fingerprint density at radius 1 is 1.44 bits per heavy atom. The fourth-order valence-electron chi connectivity index (χ4n) is 2.05. The van der Waals surface area contributed by atoms with Crippen LogP contribution in [0.1, 0.15) is 26.2 Å². The predicted molar refractivity (Wildman–Crippen MR) is 65.4 cm³/mol. The van der Waals surface area contributed by atoms with Crippen molar-refractivity contribution < 1.29 is 4.79 Å². The van der Waals surface area contributed by atoms with E-state index >= 15 is 0 Å². The van der Waals surface area contributed by atoms with Crippen molar-refractivity contribution in [1.29, 1.82) is 0 Å². The maximum atomic E-state index is 11.5. The quantitative estimate of drug-likeness (QED) is 0.835. The first-order valence-corrected chi connectivity index (χ1v) is 6.22. The van der Waals surface area contributed by atoms with Gasteiger partial charge in [0.05, 0.1) is 10.5 Å². The third-order valence-electron chi connectivity index (χ3n) is 2.84. The van der Waals surface area contributed by atoms with Gasteiger partial charge in [-0.1, -0.05) is 0 Å². The van der Waals surface area contributed by atoms with Crippen molar-refractivity contribution in [3.63, 3.8) is 0 Å². The predicted octanol–water partition coefficient (Wildman–Crippen LogP) is 2.19. The zero-order chi connectivity index (χ0) is 11.5. The van der Waals surface area contributed by atoms with Gasteiger partial charge in [0.15, 0.2) is 5.78 Å². The summed E-state index contributed by atoms with van der Waals surface area (Å²) in [7, 11) is 0. The molecule has 1 aromatic heterocycles. The number of rotatable bonds is 2. The first-order valence-electron chi connectivity index (χ1n) is 5.43. The number of anilines is 1. The monoisotopic (exact) mass is 283 g/mol. The van der Waals surface area contributed by atoms with Crippen molar-refractivity contribution >= 4 is 27.7 Å². The van der Waals surface area contributed by atoms with Crippen molar-refractivity contribution in [2.75, 3.05) is 11.4 Å². The van der Waals surface area contributed by atoms with E-state index in [9.17, 15) is 4.79 Å². The molecule has 1 aliphatic rings. The van der Waals surface area contributed by atoms with Gasteiger partial charge >= 0.3 is 0 Å². The van der Waals surface area contributed by atoms with Crippen LogP contribution < -0.4 is 4.90 Å². The van der Waals surface area contributed by atoms with E-state index < -0.39 is 0 Å². The van der Waals surface area contributed by atoms with E-state index in [1.165, 1.54) is 0 Å². The van der Waals surface area contributed by atoms with E-state index in [0.29, 0.717) is 5.95 Å². The molecule has 0 amide bonds. The molecule has 1 saturated heterocycles. The molecule has 0 spiro atoms. The summed E-state index contributed by atoms with van der Waals surface area (Å²) < 4.78 is 0.854. The fourth-order valence-corrected chi connectivity index (χ4v) is 2.25. The van der Waals surface area contributed by atoms with Gasteiger partial charge in [0.25, 0.3) is 0 Å². The highest BCUT2D eigenvalue weighted by molar-refractivity contribution is 9.10. The Morgan fingerprint density at radius 3 is 2.75 bits per heavy atom. The number of carbonyl (C=O) groups is 1. The molecule has 1 unspecified atom stereocenters. The number of aromatic nitrogens is 2. The van der Waals surface area contributed by atoms with Gasteiger partial charge in [-0.25, -0.2) is 9.97 Å². The van der Waals surface area contributed by atoms with E-state index in [0.717, 1.165) is 30.3 Å². The second-order valence-corrected chi connectivity index (χ2v) is 4.93. The molecule has 5 heteroatoms. The number of nitrogens with zero attached hydrogens (tertiary/aromatic N) is 3. The summed E-state index contributed by atoms with van der Waals surface area (Å²) >= 11 is 3.30. The topological polar surface area (TPSA) is 46.1 Å². The molecule has 2 rings (SSSR count). The molecule has 0 saturated carbocycles. The summed E-state index contributed by atoms with van der Waals surface area (Å²) in [5.74, 6) is 0.856. The zero-order valence-corrected chi connectivity index (χ0v) is 10.8. The Labute approximate surface area is 103 Å². The number of hydrogen-bond donors (Lipinski definition) is 0. The highest BCUT2D eigenvalue weighted by atomic mass is 79.9. The lowest BCUT2D eigenvalue weighted by atomic mass is 10.00.